The smallest absolute Gasteiger partial charge is 0.220 e. The molecule has 3 aliphatic rings. The van der Waals surface area contributed by atoms with Crippen LogP contribution in [-0.2, 0) is 33.2 Å². The van der Waals surface area contributed by atoms with Crippen LogP contribution in [0.3, 0.4) is 0 Å². The number of rotatable bonds is 50. The molecule has 12 N–H and O–H groups in total. The standard InChI is InChI=1S/C73H119NO18/c1-3-5-7-9-11-13-15-17-19-21-23-25-26-27-28-29-30-31-33-35-37-39-41-43-45-47-49-51-61(79)74-56(57(78)50-48-46-44-42-40-38-36-34-32-24-22-20-18-16-14-12-10-8-6-4-2)55-87-71-67(85)64(82)69(59(53-76)89-71)92-73-68(86)65(83)70(60(54-77)90-73)91-72-66(84)63(81)62(80)58(52-75)88-72/h5,7,11,13,17,19,23,25,27-28,30-32,34-35,37,40-43,48,50,56-60,62-73,75-78,80-86H,3-4,6,8-10,12,14-16,18,20-22,24,26,29,33,36,38-39,44-47,49,51-55H2,1-2H3,(H,74,79)/b7-5-,13-11-,19-17-,25-23-,28-27-,31-30-,34-32+,37-35-,42-40+,43-41-,50-48+. The number of unbranched alkanes of at least 4 members (excludes halogenated alkanes) is 14. The van der Waals surface area contributed by atoms with E-state index in [1.165, 1.54) is 64.2 Å². The highest BCUT2D eigenvalue weighted by molar-refractivity contribution is 5.76. The van der Waals surface area contributed by atoms with Crippen LogP contribution in [0, 0.1) is 0 Å². The van der Waals surface area contributed by atoms with E-state index < -0.39 is 131 Å². The summed E-state index contributed by atoms with van der Waals surface area (Å²) >= 11 is 0. The van der Waals surface area contributed by atoms with Gasteiger partial charge in [-0.25, -0.2) is 0 Å². The summed E-state index contributed by atoms with van der Waals surface area (Å²) in [7, 11) is 0. The maximum atomic E-state index is 13.4. The summed E-state index contributed by atoms with van der Waals surface area (Å²) in [6.45, 7) is 1.53. The zero-order valence-corrected chi connectivity index (χ0v) is 55.2. The Morgan fingerprint density at radius 2 is 0.761 bits per heavy atom. The maximum Gasteiger partial charge on any atom is 0.220 e. The highest BCUT2D eigenvalue weighted by atomic mass is 16.8. The van der Waals surface area contributed by atoms with Gasteiger partial charge in [-0.15, -0.1) is 0 Å². The first-order valence-corrected chi connectivity index (χ1v) is 34.4. The van der Waals surface area contributed by atoms with Crippen LogP contribution < -0.4 is 5.32 Å². The molecule has 0 bridgehead atoms. The largest absolute Gasteiger partial charge is 0.394 e. The summed E-state index contributed by atoms with van der Waals surface area (Å²) < 4.78 is 34.3. The molecule has 0 radical (unpaired) electrons. The molecule has 0 aromatic heterocycles. The molecule has 0 aromatic carbocycles. The van der Waals surface area contributed by atoms with Crippen LogP contribution in [0.4, 0.5) is 0 Å². The molecule has 17 atom stereocenters. The lowest BCUT2D eigenvalue weighted by Gasteiger charge is -2.48. The predicted molar refractivity (Wildman–Crippen MR) is 359 cm³/mol. The first-order valence-electron chi connectivity index (χ1n) is 34.4. The van der Waals surface area contributed by atoms with Crippen molar-refractivity contribution < 1.29 is 89.4 Å². The molecule has 3 saturated heterocycles. The zero-order chi connectivity index (χ0) is 66.8. The fourth-order valence-corrected chi connectivity index (χ4v) is 10.6. The highest BCUT2D eigenvalue weighted by Crippen LogP contribution is 2.33. The van der Waals surface area contributed by atoms with Gasteiger partial charge in [0.15, 0.2) is 18.9 Å². The number of ether oxygens (including phenoxy) is 6. The highest BCUT2D eigenvalue weighted by Gasteiger charge is 2.53. The van der Waals surface area contributed by atoms with Gasteiger partial charge in [0.25, 0.3) is 0 Å². The van der Waals surface area contributed by atoms with E-state index in [9.17, 15) is 61.0 Å². The summed E-state index contributed by atoms with van der Waals surface area (Å²) in [6.07, 6.45) is 47.1. The molecule has 3 heterocycles. The van der Waals surface area contributed by atoms with Gasteiger partial charge >= 0.3 is 0 Å². The van der Waals surface area contributed by atoms with Crippen LogP contribution in [0.15, 0.2) is 134 Å². The van der Waals surface area contributed by atoms with E-state index in [4.69, 9.17) is 28.4 Å². The van der Waals surface area contributed by atoms with E-state index in [0.29, 0.717) is 12.8 Å². The molecular weight excluding hydrogens is 1180 g/mol. The van der Waals surface area contributed by atoms with E-state index in [2.05, 4.69) is 141 Å². The number of nitrogens with one attached hydrogen (secondary N) is 1. The first-order chi connectivity index (χ1) is 44.8. The summed E-state index contributed by atoms with van der Waals surface area (Å²) in [5.41, 5.74) is 0. The van der Waals surface area contributed by atoms with Crippen LogP contribution in [0.1, 0.15) is 187 Å². The second-order valence-corrected chi connectivity index (χ2v) is 23.9. The molecule has 524 valence electrons. The number of hydrogen-bond donors (Lipinski definition) is 12. The number of carbonyl (C=O) groups excluding carboxylic acids is 1. The molecule has 3 fully saturated rings. The zero-order valence-electron chi connectivity index (χ0n) is 55.2. The molecule has 19 heteroatoms. The Hall–Kier alpha value is -4.07. The van der Waals surface area contributed by atoms with Crippen molar-refractivity contribution in [2.45, 2.75) is 291 Å². The van der Waals surface area contributed by atoms with Gasteiger partial charge in [-0.2, -0.15) is 0 Å². The molecule has 0 aliphatic carbocycles. The van der Waals surface area contributed by atoms with E-state index in [0.717, 1.165) is 89.9 Å². The minimum Gasteiger partial charge on any atom is -0.394 e. The van der Waals surface area contributed by atoms with Gasteiger partial charge in [-0.05, 0) is 109 Å². The Morgan fingerprint density at radius 1 is 0.402 bits per heavy atom. The van der Waals surface area contributed by atoms with Crippen molar-refractivity contribution in [1.82, 2.24) is 5.32 Å². The number of hydrogen-bond acceptors (Lipinski definition) is 18. The van der Waals surface area contributed by atoms with Gasteiger partial charge in [0, 0.05) is 6.42 Å². The molecule has 19 nitrogen and oxygen atoms in total. The minimum atomic E-state index is -1.99. The fraction of sp³-hybridized carbons (Fsp3) is 0.685. The molecule has 1 amide bonds. The number of aliphatic hydroxyl groups is 11. The van der Waals surface area contributed by atoms with Crippen molar-refractivity contribution in [2.24, 2.45) is 0 Å². The molecule has 92 heavy (non-hydrogen) atoms. The van der Waals surface area contributed by atoms with E-state index >= 15 is 0 Å². The van der Waals surface area contributed by atoms with Gasteiger partial charge in [0.2, 0.25) is 5.91 Å². The predicted octanol–water partition coefficient (Wildman–Crippen LogP) is 8.99. The van der Waals surface area contributed by atoms with Crippen LogP contribution in [0.25, 0.3) is 0 Å². The van der Waals surface area contributed by atoms with Crippen molar-refractivity contribution >= 4 is 5.91 Å². The van der Waals surface area contributed by atoms with Gasteiger partial charge in [0.1, 0.15) is 73.2 Å². The Labute approximate surface area is 550 Å². The second-order valence-electron chi connectivity index (χ2n) is 23.9. The summed E-state index contributed by atoms with van der Waals surface area (Å²) in [6, 6.07) is -1.03. The van der Waals surface area contributed by atoms with Gasteiger partial charge in [0.05, 0.1) is 38.6 Å². The molecule has 3 rings (SSSR count). The quantitative estimate of drug-likeness (QED) is 0.0200. The third-order valence-corrected chi connectivity index (χ3v) is 16.2. The molecule has 3 aliphatic heterocycles. The van der Waals surface area contributed by atoms with Crippen LogP contribution in [-0.4, -0.2) is 193 Å². The molecular formula is C73H119NO18. The monoisotopic (exact) mass is 1300 g/mol. The van der Waals surface area contributed by atoms with E-state index in [1.54, 1.807) is 6.08 Å². The third kappa shape index (κ3) is 34.6. The molecule has 0 saturated carbocycles. The molecule has 0 aromatic rings. The Kier molecular flexibility index (Phi) is 47.4. The second kappa shape index (κ2) is 53.1. The number of amides is 1. The normalized spacial score (nSPS) is 28.6. The first kappa shape index (κ1) is 82.2. The Morgan fingerprint density at radius 3 is 1.22 bits per heavy atom. The van der Waals surface area contributed by atoms with Gasteiger partial charge in [-0.3, -0.25) is 4.79 Å². The summed E-state index contributed by atoms with van der Waals surface area (Å²) in [5, 5.41) is 120. The minimum absolute atomic E-state index is 0.167. The SMILES string of the molecule is CC/C=C\C/C=C\C/C=C\C/C=C\C/C=C\C/C=C\C/C=C\C/C=C\CCCCC(=O)NC(COC1OC(CO)C(OC2OC(CO)C(OC3OC(CO)C(O)C(O)C3O)C(O)C2O)C(O)C1O)C(O)/C=C/CC/C=C/CC/C=C/CCCCCCCCCCCC. The number of allylic oxidation sites excluding steroid dienone is 21. The fourth-order valence-electron chi connectivity index (χ4n) is 10.6. The lowest BCUT2D eigenvalue weighted by atomic mass is 9.96. The maximum absolute atomic E-state index is 13.4. The van der Waals surface area contributed by atoms with Gasteiger partial charge in [-0.1, -0.05) is 205 Å². The van der Waals surface area contributed by atoms with Crippen molar-refractivity contribution in [2.75, 3.05) is 26.4 Å². The molecule has 17 unspecified atom stereocenters. The van der Waals surface area contributed by atoms with E-state index in [-0.39, 0.29) is 12.3 Å². The van der Waals surface area contributed by atoms with Crippen molar-refractivity contribution in [1.29, 1.82) is 0 Å². The third-order valence-electron chi connectivity index (χ3n) is 16.2. The van der Waals surface area contributed by atoms with E-state index in [1.807, 2.05) is 6.08 Å². The lowest BCUT2D eigenvalue weighted by Crippen LogP contribution is -2.66. The van der Waals surface area contributed by atoms with Crippen LogP contribution >= 0.6 is 0 Å². The van der Waals surface area contributed by atoms with Gasteiger partial charge < -0.3 is 89.9 Å². The average molecular weight is 1300 g/mol. The summed E-state index contributed by atoms with van der Waals surface area (Å²) in [4.78, 5) is 13.4. The van der Waals surface area contributed by atoms with Crippen molar-refractivity contribution in [3.8, 4) is 0 Å². The Bertz CT molecular complexity index is 2190. The Balaban J connectivity index is 1.49. The van der Waals surface area contributed by atoms with Crippen LogP contribution in [0.2, 0.25) is 0 Å². The lowest BCUT2D eigenvalue weighted by molar-refractivity contribution is -0.379. The summed E-state index contributed by atoms with van der Waals surface area (Å²) in [5.74, 6) is -0.338. The molecule has 0 spiro atoms. The van der Waals surface area contributed by atoms with Crippen LogP contribution in [0.5, 0.6) is 0 Å². The van der Waals surface area contributed by atoms with Crippen molar-refractivity contribution in [3.05, 3.63) is 134 Å². The number of carbonyl (C=O) groups is 1. The number of aliphatic hydroxyl groups excluding tert-OH is 11. The topological polar surface area (TPSA) is 307 Å². The average Bonchev–Trinajstić information content (AvgIpc) is 0.854. The van der Waals surface area contributed by atoms with Crippen molar-refractivity contribution in [3.63, 3.8) is 0 Å².